The molecule has 0 saturated heterocycles. The molecule has 1 amide bonds. The number of hydrogen-bond donors (Lipinski definition) is 2. The van der Waals surface area contributed by atoms with E-state index in [1.54, 1.807) is 24.3 Å². The first-order valence-electron chi connectivity index (χ1n) is 6.60. The fourth-order valence-electron chi connectivity index (χ4n) is 2.14. The van der Waals surface area contributed by atoms with Crippen LogP contribution < -0.4 is 14.8 Å². The third kappa shape index (κ3) is 2.89. The molecule has 0 spiro atoms. The first kappa shape index (κ1) is 14.4. The molecule has 0 saturated carbocycles. The van der Waals surface area contributed by atoms with Crippen molar-refractivity contribution in [2.45, 2.75) is 11.8 Å². The Morgan fingerprint density at radius 1 is 1.18 bits per heavy atom. The number of sulfonamides is 1. The molecule has 1 heterocycles. The van der Waals surface area contributed by atoms with Crippen molar-refractivity contribution in [2.75, 3.05) is 16.6 Å². The van der Waals surface area contributed by atoms with E-state index in [4.69, 9.17) is 4.74 Å². The largest absolute Gasteiger partial charge is 0.482 e. The molecule has 1 aliphatic rings. The average Bonchev–Trinajstić information content (AvgIpc) is 2.46. The third-order valence-corrected chi connectivity index (χ3v) is 4.54. The van der Waals surface area contributed by atoms with Crippen molar-refractivity contribution < 1.29 is 17.9 Å². The monoisotopic (exact) mass is 318 g/mol. The van der Waals surface area contributed by atoms with Crippen molar-refractivity contribution in [3.63, 3.8) is 0 Å². The summed E-state index contributed by atoms with van der Waals surface area (Å²) in [5.74, 6) is 0.240. The molecular formula is C15H14N2O4S. The SMILES string of the molecule is Cc1cccc(S(=O)(=O)Nc2ccc3c(c2)NC(=O)CO3)c1. The number of aryl methyl sites for hydroxylation is 1. The highest BCUT2D eigenvalue weighted by molar-refractivity contribution is 7.92. The summed E-state index contributed by atoms with van der Waals surface area (Å²) < 4.78 is 32.4. The van der Waals surface area contributed by atoms with Gasteiger partial charge in [0.05, 0.1) is 16.3 Å². The van der Waals surface area contributed by atoms with Crippen LogP contribution in [0.1, 0.15) is 5.56 Å². The van der Waals surface area contributed by atoms with Gasteiger partial charge in [-0.2, -0.15) is 0 Å². The fraction of sp³-hybridized carbons (Fsp3) is 0.133. The lowest BCUT2D eigenvalue weighted by atomic mass is 10.2. The van der Waals surface area contributed by atoms with Gasteiger partial charge in [0.2, 0.25) is 0 Å². The zero-order valence-electron chi connectivity index (χ0n) is 11.8. The number of carbonyl (C=O) groups is 1. The number of anilines is 2. The molecule has 114 valence electrons. The second kappa shape index (κ2) is 5.34. The summed E-state index contributed by atoms with van der Waals surface area (Å²) in [5, 5.41) is 2.64. The first-order valence-corrected chi connectivity index (χ1v) is 8.08. The Balaban J connectivity index is 1.90. The second-order valence-electron chi connectivity index (χ2n) is 4.97. The van der Waals surface area contributed by atoms with Gasteiger partial charge in [0, 0.05) is 0 Å². The van der Waals surface area contributed by atoms with Crippen LogP contribution in [0.15, 0.2) is 47.4 Å². The third-order valence-electron chi connectivity index (χ3n) is 3.16. The first-order chi connectivity index (χ1) is 10.4. The Morgan fingerprint density at radius 2 is 2.00 bits per heavy atom. The van der Waals surface area contributed by atoms with Crippen LogP contribution in [-0.2, 0) is 14.8 Å². The van der Waals surface area contributed by atoms with Crippen molar-refractivity contribution in [2.24, 2.45) is 0 Å². The molecule has 2 aromatic rings. The molecule has 6 nitrogen and oxygen atoms in total. The second-order valence-corrected chi connectivity index (χ2v) is 6.65. The lowest BCUT2D eigenvalue weighted by Gasteiger charge is -2.19. The van der Waals surface area contributed by atoms with Gasteiger partial charge in [-0.25, -0.2) is 8.42 Å². The van der Waals surface area contributed by atoms with Crippen LogP contribution in [0.3, 0.4) is 0 Å². The van der Waals surface area contributed by atoms with E-state index in [9.17, 15) is 13.2 Å². The van der Waals surface area contributed by atoms with Crippen molar-refractivity contribution in [3.05, 3.63) is 48.0 Å². The van der Waals surface area contributed by atoms with E-state index in [1.807, 2.05) is 13.0 Å². The van der Waals surface area contributed by atoms with Crippen molar-refractivity contribution in [3.8, 4) is 5.75 Å². The number of carbonyl (C=O) groups excluding carboxylic acids is 1. The molecule has 0 fully saturated rings. The van der Waals surface area contributed by atoms with Crippen molar-refractivity contribution in [1.82, 2.24) is 0 Å². The van der Waals surface area contributed by atoms with Crippen LogP contribution in [0.25, 0.3) is 0 Å². The summed E-state index contributed by atoms with van der Waals surface area (Å²) in [6.07, 6.45) is 0. The van der Waals surface area contributed by atoms with Gasteiger partial charge in [0.15, 0.2) is 6.61 Å². The van der Waals surface area contributed by atoms with E-state index in [2.05, 4.69) is 10.0 Å². The molecule has 22 heavy (non-hydrogen) atoms. The van der Waals surface area contributed by atoms with Gasteiger partial charge in [-0.1, -0.05) is 12.1 Å². The smallest absolute Gasteiger partial charge is 0.262 e. The van der Waals surface area contributed by atoms with E-state index in [-0.39, 0.29) is 17.4 Å². The molecule has 1 aliphatic heterocycles. The lowest BCUT2D eigenvalue weighted by Crippen LogP contribution is -2.25. The van der Waals surface area contributed by atoms with Gasteiger partial charge in [-0.15, -0.1) is 0 Å². The van der Waals surface area contributed by atoms with Crippen molar-refractivity contribution >= 4 is 27.3 Å². The lowest BCUT2D eigenvalue weighted by molar-refractivity contribution is -0.118. The van der Waals surface area contributed by atoms with E-state index in [0.717, 1.165) is 5.56 Å². The highest BCUT2D eigenvalue weighted by atomic mass is 32.2. The van der Waals surface area contributed by atoms with Gasteiger partial charge >= 0.3 is 0 Å². The molecular weight excluding hydrogens is 304 g/mol. The van der Waals surface area contributed by atoms with E-state index in [1.165, 1.54) is 12.1 Å². The van der Waals surface area contributed by atoms with E-state index >= 15 is 0 Å². The molecule has 0 atom stereocenters. The highest BCUT2D eigenvalue weighted by Gasteiger charge is 2.18. The summed E-state index contributed by atoms with van der Waals surface area (Å²) >= 11 is 0. The normalized spacial score (nSPS) is 13.8. The van der Waals surface area contributed by atoms with E-state index in [0.29, 0.717) is 17.1 Å². The van der Waals surface area contributed by atoms with Gasteiger partial charge in [0.1, 0.15) is 5.75 Å². The Labute approximate surface area is 128 Å². The number of amides is 1. The van der Waals surface area contributed by atoms with Crippen LogP contribution in [0.4, 0.5) is 11.4 Å². The Hall–Kier alpha value is -2.54. The predicted molar refractivity (Wildman–Crippen MR) is 82.6 cm³/mol. The summed E-state index contributed by atoms with van der Waals surface area (Å²) in [6.45, 7) is 1.78. The molecule has 0 aromatic heterocycles. The Kier molecular flexibility index (Phi) is 3.50. The number of rotatable bonds is 3. The molecule has 2 N–H and O–H groups in total. The van der Waals surface area contributed by atoms with Gasteiger partial charge in [-0.05, 0) is 42.8 Å². The zero-order valence-corrected chi connectivity index (χ0v) is 12.6. The number of ether oxygens (including phenoxy) is 1. The van der Waals surface area contributed by atoms with Crippen LogP contribution >= 0.6 is 0 Å². The van der Waals surface area contributed by atoms with Crippen LogP contribution in [-0.4, -0.2) is 20.9 Å². The summed E-state index contributed by atoms with van der Waals surface area (Å²) in [5.41, 5.74) is 1.65. The number of nitrogens with one attached hydrogen (secondary N) is 2. The predicted octanol–water partition coefficient (Wildman–Crippen LogP) is 2.13. The summed E-state index contributed by atoms with van der Waals surface area (Å²) in [4.78, 5) is 11.5. The molecule has 2 aromatic carbocycles. The Bertz CT molecular complexity index is 846. The minimum absolute atomic E-state index is 0.0403. The van der Waals surface area contributed by atoms with Crippen LogP contribution in [0.5, 0.6) is 5.75 Å². The highest BCUT2D eigenvalue weighted by Crippen LogP contribution is 2.31. The van der Waals surface area contributed by atoms with Crippen LogP contribution in [0, 0.1) is 6.92 Å². The molecule has 0 aliphatic carbocycles. The fourth-order valence-corrected chi connectivity index (χ4v) is 3.30. The topological polar surface area (TPSA) is 84.5 Å². The van der Waals surface area contributed by atoms with Crippen molar-refractivity contribution in [1.29, 1.82) is 0 Å². The van der Waals surface area contributed by atoms with Gasteiger partial charge in [-0.3, -0.25) is 9.52 Å². The maximum Gasteiger partial charge on any atom is 0.262 e. The quantitative estimate of drug-likeness (QED) is 0.908. The molecule has 3 rings (SSSR count). The number of benzene rings is 2. The summed E-state index contributed by atoms with van der Waals surface area (Å²) in [6, 6.07) is 11.4. The minimum Gasteiger partial charge on any atom is -0.482 e. The molecule has 0 unspecified atom stereocenters. The van der Waals surface area contributed by atoms with Gasteiger partial charge < -0.3 is 10.1 Å². The van der Waals surface area contributed by atoms with E-state index < -0.39 is 10.0 Å². The zero-order chi connectivity index (χ0) is 15.7. The molecule has 7 heteroatoms. The Morgan fingerprint density at radius 3 is 2.77 bits per heavy atom. The minimum atomic E-state index is -3.68. The average molecular weight is 318 g/mol. The maximum absolute atomic E-state index is 12.4. The standard InChI is InChI=1S/C15H14N2O4S/c1-10-3-2-4-12(7-10)22(19,20)17-11-5-6-14-13(8-11)16-15(18)9-21-14/h2-8,17H,9H2,1H3,(H,16,18). The summed E-state index contributed by atoms with van der Waals surface area (Å²) in [7, 11) is -3.68. The maximum atomic E-state index is 12.4. The molecule has 0 bridgehead atoms. The molecule has 0 radical (unpaired) electrons. The number of hydrogen-bond acceptors (Lipinski definition) is 4. The van der Waals surface area contributed by atoms with Crippen LogP contribution in [0.2, 0.25) is 0 Å². The number of fused-ring (bicyclic) bond motifs is 1. The van der Waals surface area contributed by atoms with Gasteiger partial charge in [0.25, 0.3) is 15.9 Å².